The minimum absolute atomic E-state index is 0.0517. The molecule has 0 spiro atoms. The van der Waals surface area contributed by atoms with Crippen LogP contribution in [-0.4, -0.2) is 49.4 Å². The van der Waals surface area contributed by atoms with Gasteiger partial charge in [0.2, 0.25) is 0 Å². The lowest BCUT2D eigenvalue weighted by Crippen LogP contribution is -2.50. The van der Waals surface area contributed by atoms with E-state index in [1.807, 2.05) is 30.3 Å². The second-order valence-electron chi connectivity index (χ2n) is 6.90. The summed E-state index contributed by atoms with van der Waals surface area (Å²) >= 11 is 0. The fraction of sp³-hybridized carbons (Fsp3) is 0.632. The minimum Gasteiger partial charge on any atom is -0.445 e. The molecule has 1 amide bonds. The maximum absolute atomic E-state index is 12.3. The fourth-order valence-electron chi connectivity index (χ4n) is 3.55. The molecule has 1 aromatic carbocycles. The second kappa shape index (κ2) is 8.49. The molecule has 1 aliphatic heterocycles. The third-order valence-electron chi connectivity index (χ3n) is 5.07. The molecule has 1 aromatic rings. The van der Waals surface area contributed by atoms with E-state index in [9.17, 15) is 4.79 Å². The molecule has 1 heterocycles. The van der Waals surface area contributed by atoms with Gasteiger partial charge in [0.05, 0.1) is 19.3 Å². The molecule has 0 bridgehead atoms. The van der Waals surface area contributed by atoms with Crippen LogP contribution in [0, 0.1) is 5.92 Å². The van der Waals surface area contributed by atoms with Crippen LogP contribution in [0.4, 0.5) is 4.79 Å². The normalized spacial score (nSPS) is 27.2. The molecule has 1 aliphatic carbocycles. The summed E-state index contributed by atoms with van der Waals surface area (Å²) in [5.74, 6) is 0.737. The topological polar surface area (TPSA) is 50.8 Å². The molecule has 132 valence electrons. The number of hydrogen-bond acceptors (Lipinski definition) is 4. The van der Waals surface area contributed by atoms with Crippen molar-refractivity contribution >= 4 is 6.09 Å². The summed E-state index contributed by atoms with van der Waals surface area (Å²) in [5.41, 5.74) is 1.01. The first kappa shape index (κ1) is 17.2. The zero-order valence-corrected chi connectivity index (χ0v) is 14.4. The Balaban J connectivity index is 1.41. The summed E-state index contributed by atoms with van der Waals surface area (Å²) in [7, 11) is 0. The first-order valence-corrected chi connectivity index (χ1v) is 9.03. The van der Waals surface area contributed by atoms with Crippen LogP contribution in [0.2, 0.25) is 0 Å². The number of amides is 1. The van der Waals surface area contributed by atoms with E-state index in [4.69, 9.17) is 9.47 Å². The number of carbonyl (C=O) groups excluding carboxylic acids is 1. The van der Waals surface area contributed by atoms with E-state index in [2.05, 4.69) is 12.2 Å². The molecule has 5 heteroatoms. The van der Waals surface area contributed by atoms with Crippen LogP contribution < -0.4 is 5.32 Å². The number of benzene rings is 1. The van der Waals surface area contributed by atoms with Gasteiger partial charge in [0.15, 0.2) is 0 Å². The number of morpholine rings is 1. The highest BCUT2D eigenvalue weighted by atomic mass is 16.6. The van der Waals surface area contributed by atoms with E-state index >= 15 is 0 Å². The molecule has 2 fully saturated rings. The first-order valence-electron chi connectivity index (χ1n) is 9.03. The van der Waals surface area contributed by atoms with Crippen molar-refractivity contribution in [2.24, 2.45) is 5.92 Å². The molecule has 3 atom stereocenters. The molecule has 3 rings (SSSR count). The average molecular weight is 332 g/mol. The molecule has 0 aromatic heterocycles. The van der Waals surface area contributed by atoms with Crippen molar-refractivity contribution in [1.82, 2.24) is 10.2 Å². The van der Waals surface area contributed by atoms with Gasteiger partial charge in [-0.2, -0.15) is 0 Å². The van der Waals surface area contributed by atoms with Crippen LogP contribution in [0.15, 0.2) is 30.3 Å². The molecular formula is C19H28N2O3. The van der Waals surface area contributed by atoms with Crippen LogP contribution in [0.5, 0.6) is 0 Å². The van der Waals surface area contributed by atoms with Crippen LogP contribution >= 0.6 is 0 Å². The Bertz CT molecular complexity index is 523. The second-order valence-corrected chi connectivity index (χ2v) is 6.90. The summed E-state index contributed by atoms with van der Waals surface area (Å²) in [5, 5.41) is 3.61. The standard InChI is InChI=1S/C19H28N2O3/c1-15-6-5-9-18(15)20-12-17-13-21(10-11-23-17)19(22)24-14-16-7-3-2-4-8-16/h2-4,7-8,15,17-18,20H,5-6,9-14H2,1H3. The number of ether oxygens (including phenoxy) is 2. The van der Waals surface area contributed by atoms with Crippen LogP contribution in [0.25, 0.3) is 0 Å². The van der Waals surface area contributed by atoms with Gasteiger partial charge in [0.25, 0.3) is 0 Å². The lowest BCUT2D eigenvalue weighted by molar-refractivity contribution is -0.0283. The van der Waals surface area contributed by atoms with Gasteiger partial charge in [0.1, 0.15) is 6.61 Å². The van der Waals surface area contributed by atoms with E-state index < -0.39 is 0 Å². The van der Waals surface area contributed by atoms with Crippen molar-refractivity contribution in [3.05, 3.63) is 35.9 Å². The molecular weight excluding hydrogens is 304 g/mol. The summed E-state index contributed by atoms with van der Waals surface area (Å²) in [6.07, 6.45) is 3.66. The molecule has 1 N–H and O–H groups in total. The van der Waals surface area contributed by atoms with Gasteiger partial charge in [0, 0.05) is 19.1 Å². The third kappa shape index (κ3) is 4.71. The number of carbonyl (C=O) groups is 1. The van der Waals surface area contributed by atoms with Crippen LogP contribution in [0.3, 0.4) is 0 Å². The molecule has 2 aliphatic rings. The predicted octanol–water partition coefficient (Wildman–Crippen LogP) is 2.80. The molecule has 5 nitrogen and oxygen atoms in total. The van der Waals surface area contributed by atoms with Crippen molar-refractivity contribution in [2.45, 2.75) is 44.9 Å². The lowest BCUT2D eigenvalue weighted by Gasteiger charge is -2.33. The number of hydrogen-bond donors (Lipinski definition) is 1. The summed E-state index contributed by atoms with van der Waals surface area (Å²) in [4.78, 5) is 14.0. The van der Waals surface area contributed by atoms with Crippen LogP contribution in [-0.2, 0) is 16.1 Å². The number of nitrogens with zero attached hydrogens (tertiary/aromatic N) is 1. The van der Waals surface area contributed by atoms with E-state index in [1.165, 1.54) is 19.3 Å². The quantitative estimate of drug-likeness (QED) is 0.901. The highest BCUT2D eigenvalue weighted by Crippen LogP contribution is 2.24. The summed E-state index contributed by atoms with van der Waals surface area (Å²) in [6, 6.07) is 10.4. The smallest absolute Gasteiger partial charge is 0.410 e. The largest absolute Gasteiger partial charge is 0.445 e. The predicted molar refractivity (Wildman–Crippen MR) is 92.7 cm³/mol. The monoisotopic (exact) mass is 332 g/mol. The van der Waals surface area contributed by atoms with Gasteiger partial charge < -0.3 is 19.7 Å². The zero-order valence-electron chi connectivity index (χ0n) is 14.4. The van der Waals surface area contributed by atoms with Gasteiger partial charge >= 0.3 is 6.09 Å². The SMILES string of the molecule is CC1CCCC1NCC1CN(C(=O)OCc2ccccc2)CCO1. The van der Waals surface area contributed by atoms with Crippen molar-refractivity contribution < 1.29 is 14.3 Å². The minimum atomic E-state index is -0.249. The van der Waals surface area contributed by atoms with Crippen molar-refractivity contribution in [1.29, 1.82) is 0 Å². The Morgan fingerprint density at radius 1 is 1.33 bits per heavy atom. The molecule has 0 radical (unpaired) electrons. The van der Waals surface area contributed by atoms with E-state index in [0.29, 0.717) is 32.3 Å². The van der Waals surface area contributed by atoms with E-state index in [0.717, 1.165) is 18.0 Å². The zero-order chi connectivity index (χ0) is 16.8. The van der Waals surface area contributed by atoms with E-state index in [-0.39, 0.29) is 12.2 Å². The van der Waals surface area contributed by atoms with Crippen molar-refractivity contribution in [2.75, 3.05) is 26.2 Å². The maximum Gasteiger partial charge on any atom is 0.410 e. The van der Waals surface area contributed by atoms with Crippen LogP contribution in [0.1, 0.15) is 31.7 Å². The lowest BCUT2D eigenvalue weighted by atomic mass is 10.1. The molecule has 1 saturated heterocycles. The fourth-order valence-corrected chi connectivity index (χ4v) is 3.55. The third-order valence-corrected chi connectivity index (χ3v) is 5.07. The average Bonchev–Trinajstić information content (AvgIpc) is 3.04. The molecule has 24 heavy (non-hydrogen) atoms. The Morgan fingerprint density at radius 3 is 2.92 bits per heavy atom. The number of nitrogens with one attached hydrogen (secondary N) is 1. The summed E-state index contributed by atoms with van der Waals surface area (Å²) < 4.78 is 11.2. The Labute approximate surface area is 144 Å². The summed E-state index contributed by atoms with van der Waals surface area (Å²) in [6.45, 7) is 5.20. The first-order chi connectivity index (χ1) is 11.7. The highest BCUT2D eigenvalue weighted by molar-refractivity contribution is 5.67. The Morgan fingerprint density at radius 2 is 2.17 bits per heavy atom. The Hall–Kier alpha value is -1.59. The van der Waals surface area contributed by atoms with Gasteiger partial charge in [-0.1, -0.05) is 43.7 Å². The van der Waals surface area contributed by atoms with Gasteiger partial charge in [-0.25, -0.2) is 4.79 Å². The van der Waals surface area contributed by atoms with Gasteiger partial charge in [-0.05, 0) is 24.3 Å². The highest BCUT2D eigenvalue weighted by Gasteiger charge is 2.28. The Kier molecular flexibility index (Phi) is 6.10. The van der Waals surface area contributed by atoms with Crippen molar-refractivity contribution in [3.8, 4) is 0 Å². The van der Waals surface area contributed by atoms with Gasteiger partial charge in [-0.3, -0.25) is 0 Å². The number of rotatable bonds is 5. The molecule has 3 unspecified atom stereocenters. The maximum atomic E-state index is 12.3. The van der Waals surface area contributed by atoms with Gasteiger partial charge in [-0.15, -0.1) is 0 Å². The van der Waals surface area contributed by atoms with Crippen molar-refractivity contribution in [3.63, 3.8) is 0 Å². The molecule has 1 saturated carbocycles. The van der Waals surface area contributed by atoms with E-state index in [1.54, 1.807) is 4.90 Å².